The molecule has 1 aromatic heterocycles. The Morgan fingerprint density at radius 3 is 2.35 bits per heavy atom. The van der Waals surface area contributed by atoms with Crippen LogP contribution in [0.25, 0.3) is 16.5 Å². The van der Waals surface area contributed by atoms with E-state index in [2.05, 4.69) is 14.6 Å². The number of piperidine rings is 1. The summed E-state index contributed by atoms with van der Waals surface area (Å²) < 4.78 is 42.2. The first kappa shape index (κ1) is 33.3. The van der Waals surface area contributed by atoms with E-state index < -0.39 is 21.6 Å². The number of nitrogens with zero attached hydrogens (tertiary/aromatic N) is 3. The van der Waals surface area contributed by atoms with E-state index in [0.717, 1.165) is 36.9 Å². The number of aromatic hydroxyl groups is 1. The lowest BCUT2D eigenvalue weighted by molar-refractivity contribution is 0.0526. The van der Waals surface area contributed by atoms with Crippen molar-refractivity contribution in [2.75, 3.05) is 36.4 Å². The molecule has 1 aliphatic heterocycles. The normalized spacial score (nSPS) is 13.5. The number of fused-ring (bicyclic) bond motifs is 1. The molecule has 0 amide bonds. The van der Waals surface area contributed by atoms with E-state index in [0.29, 0.717) is 44.8 Å². The number of aromatic nitrogens is 1. The highest BCUT2D eigenvalue weighted by Crippen LogP contribution is 2.35. The van der Waals surface area contributed by atoms with Gasteiger partial charge >= 0.3 is 5.97 Å². The molecule has 0 unspecified atom stereocenters. The number of anilines is 2. The van der Waals surface area contributed by atoms with Crippen molar-refractivity contribution in [1.29, 1.82) is 0 Å². The Balaban J connectivity index is 1.44. The molecule has 1 fully saturated rings. The highest BCUT2D eigenvalue weighted by Gasteiger charge is 2.25. The molecule has 6 rings (SSSR count). The Morgan fingerprint density at radius 2 is 1.63 bits per heavy atom. The number of hydrogen-bond donors (Lipinski definition) is 2. The van der Waals surface area contributed by atoms with Gasteiger partial charge in [0.25, 0.3) is 15.6 Å². The molecular formula is C37H36N4O7S. The highest BCUT2D eigenvalue weighted by molar-refractivity contribution is 7.93. The van der Waals surface area contributed by atoms with Gasteiger partial charge in [-0.2, -0.15) is 0 Å². The van der Waals surface area contributed by atoms with Gasteiger partial charge in [-0.15, -0.1) is 0 Å². The summed E-state index contributed by atoms with van der Waals surface area (Å²) in [4.78, 5) is 32.5. The summed E-state index contributed by atoms with van der Waals surface area (Å²) in [5, 5.41) is 12.3. The average molecular weight is 681 g/mol. The third kappa shape index (κ3) is 6.86. The van der Waals surface area contributed by atoms with Gasteiger partial charge in [-0.25, -0.2) is 17.8 Å². The van der Waals surface area contributed by atoms with Gasteiger partial charge in [0.2, 0.25) is 5.88 Å². The number of ether oxygens (including phenoxy) is 2. The SMILES string of the molecule is CCOC(=O)c1ccc(-n2c(O)c(C=Nc3ccc(N4CCCCC4)c(S(=O)(=O)Nc4ccccc4OC)c3)c3ccccc3c2=O)cc1. The molecule has 4 aromatic carbocycles. The molecule has 252 valence electrons. The zero-order valence-electron chi connectivity index (χ0n) is 27.1. The smallest absolute Gasteiger partial charge is 0.338 e. The predicted molar refractivity (Wildman–Crippen MR) is 191 cm³/mol. The summed E-state index contributed by atoms with van der Waals surface area (Å²) in [6.45, 7) is 3.38. The Kier molecular flexibility index (Phi) is 9.68. The van der Waals surface area contributed by atoms with Crippen molar-refractivity contribution in [2.45, 2.75) is 31.1 Å². The molecule has 0 aliphatic carbocycles. The molecule has 1 aliphatic rings. The van der Waals surface area contributed by atoms with Crippen molar-refractivity contribution in [3.8, 4) is 17.3 Å². The van der Waals surface area contributed by atoms with Gasteiger partial charge in [0.1, 0.15) is 10.6 Å². The molecule has 0 radical (unpaired) electrons. The number of carbonyl (C=O) groups excluding carboxylic acids is 1. The first-order valence-electron chi connectivity index (χ1n) is 15.9. The zero-order valence-corrected chi connectivity index (χ0v) is 27.9. The van der Waals surface area contributed by atoms with Gasteiger partial charge < -0.3 is 19.5 Å². The van der Waals surface area contributed by atoms with Gasteiger partial charge in [-0.05, 0) is 86.8 Å². The molecule has 2 heterocycles. The predicted octanol–water partition coefficient (Wildman–Crippen LogP) is 6.42. The van der Waals surface area contributed by atoms with E-state index in [4.69, 9.17) is 9.47 Å². The first-order valence-corrected chi connectivity index (χ1v) is 17.4. The summed E-state index contributed by atoms with van der Waals surface area (Å²) in [6.07, 6.45) is 4.40. The minimum atomic E-state index is -4.11. The fourth-order valence-corrected chi connectivity index (χ4v) is 7.27. The van der Waals surface area contributed by atoms with Crippen LogP contribution in [0.15, 0.2) is 106 Å². The molecule has 11 nitrogen and oxygen atoms in total. The van der Waals surface area contributed by atoms with Crippen LogP contribution < -0.4 is 19.9 Å². The Labute approximate surface area is 284 Å². The number of methoxy groups -OCH3 is 1. The number of carbonyl (C=O) groups is 1. The largest absolute Gasteiger partial charge is 0.495 e. The molecule has 0 saturated carbocycles. The van der Waals surface area contributed by atoms with E-state index >= 15 is 0 Å². The maximum atomic E-state index is 14.0. The molecule has 12 heteroatoms. The van der Waals surface area contributed by atoms with Crippen LogP contribution in [0, 0.1) is 0 Å². The molecule has 0 atom stereocenters. The van der Waals surface area contributed by atoms with Crippen molar-refractivity contribution in [1.82, 2.24) is 4.57 Å². The number of rotatable bonds is 10. The molecular weight excluding hydrogens is 644 g/mol. The summed E-state index contributed by atoms with van der Waals surface area (Å²) in [5.74, 6) is -0.484. The molecule has 0 spiro atoms. The van der Waals surface area contributed by atoms with E-state index in [9.17, 15) is 23.1 Å². The van der Waals surface area contributed by atoms with E-state index in [1.807, 2.05) is 0 Å². The van der Waals surface area contributed by atoms with Gasteiger partial charge in [0.15, 0.2) is 0 Å². The van der Waals surface area contributed by atoms with Crippen LogP contribution in [0.1, 0.15) is 42.1 Å². The fraction of sp³-hybridized carbons (Fsp3) is 0.216. The average Bonchev–Trinajstić information content (AvgIpc) is 3.12. The maximum absolute atomic E-state index is 14.0. The van der Waals surface area contributed by atoms with E-state index in [-0.39, 0.29) is 22.9 Å². The lowest BCUT2D eigenvalue weighted by atomic mass is 10.1. The third-order valence-corrected chi connectivity index (χ3v) is 9.76. The number of aliphatic imine (C=N–C) groups is 1. The van der Waals surface area contributed by atoms with Gasteiger partial charge in [-0.3, -0.25) is 14.5 Å². The number of nitrogens with one attached hydrogen (secondary N) is 1. The standard InChI is InChI=1S/C37H36N4O7S/c1-3-48-37(44)25-15-18-27(19-16-25)41-35(42)29-12-6-5-11-28(29)30(36(41)43)24-38-26-17-20-32(40-21-9-4-10-22-40)34(23-26)49(45,46)39-31-13-7-8-14-33(31)47-2/h5-8,11-20,23-24,39,43H,3-4,9-10,21-22H2,1-2H3. The second-order valence-corrected chi connectivity index (χ2v) is 13.1. The van der Waals surface area contributed by atoms with Crippen molar-refractivity contribution in [2.24, 2.45) is 4.99 Å². The zero-order chi connectivity index (χ0) is 34.5. The minimum Gasteiger partial charge on any atom is -0.495 e. The molecule has 1 saturated heterocycles. The van der Waals surface area contributed by atoms with Crippen LogP contribution in [-0.2, 0) is 14.8 Å². The first-order chi connectivity index (χ1) is 23.7. The third-order valence-electron chi connectivity index (χ3n) is 8.36. The van der Waals surface area contributed by atoms with Crippen LogP contribution in [0.2, 0.25) is 0 Å². The molecule has 2 N–H and O–H groups in total. The van der Waals surface area contributed by atoms with Gasteiger partial charge in [-0.1, -0.05) is 30.3 Å². The molecule has 49 heavy (non-hydrogen) atoms. The fourth-order valence-electron chi connectivity index (χ4n) is 5.95. The van der Waals surface area contributed by atoms with Crippen LogP contribution >= 0.6 is 0 Å². The van der Waals surface area contributed by atoms with Crippen molar-refractivity contribution in [3.63, 3.8) is 0 Å². The minimum absolute atomic E-state index is 0.0516. The topological polar surface area (TPSA) is 140 Å². The summed E-state index contributed by atoms with van der Waals surface area (Å²) >= 11 is 0. The van der Waals surface area contributed by atoms with E-state index in [1.54, 1.807) is 79.7 Å². The number of pyridine rings is 1. The van der Waals surface area contributed by atoms with Crippen LogP contribution in [0.5, 0.6) is 11.6 Å². The number of sulfonamides is 1. The van der Waals surface area contributed by atoms with E-state index in [1.165, 1.54) is 31.5 Å². The lowest BCUT2D eigenvalue weighted by Gasteiger charge is -2.30. The quantitative estimate of drug-likeness (QED) is 0.127. The van der Waals surface area contributed by atoms with Crippen molar-refractivity contribution < 1.29 is 27.8 Å². The highest BCUT2D eigenvalue weighted by atomic mass is 32.2. The molecule has 0 bridgehead atoms. The number of benzene rings is 4. The second kappa shape index (κ2) is 14.2. The van der Waals surface area contributed by atoms with Crippen LogP contribution in [0.3, 0.4) is 0 Å². The lowest BCUT2D eigenvalue weighted by Crippen LogP contribution is -2.31. The Morgan fingerprint density at radius 1 is 0.939 bits per heavy atom. The van der Waals surface area contributed by atoms with Crippen LogP contribution in [-0.4, -0.2) is 57.1 Å². The number of para-hydroxylation sites is 2. The van der Waals surface area contributed by atoms with Crippen molar-refractivity contribution >= 4 is 50.0 Å². The number of esters is 1. The molecule has 5 aromatic rings. The Hall–Kier alpha value is -5.62. The number of hydrogen-bond acceptors (Lipinski definition) is 9. The summed E-state index contributed by atoms with van der Waals surface area (Å²) in [6, 6.07) is 24.7. The monoisotopic (exact) mass is 680 g/mol. The maximum Gasteiger partial charge on any atom is 0.338 e. The van der Waals surface area contributed by atoms with Gasteiger partial charge in [0.05, 0.1) is 47.6 Å². The second-order valence-electron chi connectivity index (χ2n) is 11.5. The summed E-state index contributed by atoms with van der Waals surface area (Å²) in [5.41, 5.74) is 1.61. The van der Waals surface area contributed by atoms with Gasteiger partial charge in [0, 0.05) is 30.1 Å². The Bertz CT molecular complexity index is 2210. The van der Waals surface area contributed by atoms with Crippen molar-refractivity contribution in [3.05, 3.63) is 112 Å². The van der Waals surface area contributed by atoms with Crippen LogP contribution in [0.4, 0.5) is 17.1 Å². The summed E-state index contributed by atoms with van der Waals surface area (Å²) in [7, 11) is -2.63.